The van der Waals surface area contributed by atoms with Gasteiger partial charge >= 0.3 is 0 Å². The highest BCUT2D eigenvalue weighted by Crippen LogP contribution is 2.40. The minimum absolute atomic E-state index is 0.546. The predicted octanol–water partition coefficient (Wildman–Crippen LogP) is 1.72. The Labute approximate surface area is 126 Å². The monoisotopic (exact) mass is 299 g/mol. The van der Waals surface area contributed by atoms with Gasteiger partial charge in [0.25, 0.3) is 0 Å². The molecule has 0 fully saturated rings. The highest BCUT2D eigenvalue weighted by molar-refractivity contribution is 5.55. The van der Waals surface area contributed by atoms with Gasteiger partial charge in [-0.15, -0.1) is 0 Å². The number of hydrogen-bond donors (Lipinski definition) is 1. The summed E-state index contributed by atoms with van der Waals surface area (Å²) in [6.07, 6.45) is 0. The fourth-order valence-electron chi connectivity index (χ4n) is 1.80. The summed E-state index contributed by atoms with van der Waals surface area (Å²) in [6, 6.07) is 3.56. The maximum absolute atomic E-state index is 5.68. The molecule has 120 valence electrons. The molecule has 21 heavy (non-hydrogen) atoms. The lowest BCUT2D eigenvalue weighted by Crippen LogP contribution is -2.25. The summed E-state index contributed by atoms with van der Waals surface area (Å²) in [5.74, 6) is 2.39. The van der Waals surface area contributed by atoms with E-state index in [1.54, 1.807) is 33.5 Å². The number of nitrogens with one attached hydrogen (secondary N) is 1. The number of benzene rings is 1. The minimum atomic E-state index is 0.546. The van der Waals surface area contributed by atoms with E-state index in [2.05, 4.69) is 5.32 Å². The number of rotatable bonds is 11. The van der Waals surface area contributed by atoms with Crippen molar-refractivity contribution in [1.29, 1.82) is 0 Å². The van der Waals surface area contributed by atoms with Gasteiger partial charge in [0.1, 0.15) is 12.4 Å². The lowest BCUT2D eigenvalue weighted by Gasteiger charge is -2.14. The van der Waals surface area contributed by atoms with E-state index in [9.17, 15) is 0 Å². The topological polar surface area (TPSA) is 58.2 Å². The first-order valence-corrected chi connectivity index (χ1v) is 6.98. The maximum Gasteiger partial charge on any atom is 0.203 e. The molecule has 0 amide bonds. The van der Waals surface area contributed by atoms with Crippen LogP contribution in [-0.4, -0.2) is 54.2 Å². The van der Waals surface area contributed by atoms with E-state index in [-0.39, 0.29) is 0 Å². The molecular weight excluding hydrogens is 274 g/mol. The molecule has 1 aromatic carbocycles. The Morgan fingerprint density at radius 1 is 0.905 bits per heavy atom. The van der Waals surface area contributed by atoms with Crippen molar-refractivity contribution in [3.8, 4) is 23.0 Å². The summed E-state index contributed by atoms with van der Waals surface area (Å²) in [7, 11) is 4.73. The van der Waals surface area contributed by atoms with Crippen LogP contribution in [0, 0.1) is 0 Å². The number of hydrogen-bond acceptors (Lipinski definition) is 6. The van der Waals surface area contributed by atoms with Gasteiger partial charge in [-0.1, -0.05) is 0 Å². The molecule has 0 aromatic heterocycles. The summed E-state index contributed by atoms with van der Waals surface area (Å²) in [4.78, 5) is 0. The largest absolute Gasteiger partial charge is 0.493 e. The standard InChI is InChI=1S/C15H25NO5/c1-5-20-8-6-16-7-9-21-12-10-13(17-2)15(19-4)14(11-12)18-3/h10-11,16H,5-9H2,1-4H3. The van der Waals surface area contributed by atoms with Gasteiger partial charge in [-0.25, -0.2) is 0 Å². The van der Waals surface area contributed by atoms with Crippen molar-refractivity contribution in [3.63, 3.8) is 0 Å². The van der Waals surface area contributed by atoms with E-state index in [1.165, 1.54) is 0 Å². The Bertz CT molecular complexity index is 386. The van der Waals surface area contributed by atoms with Gasteiger partial charge in [0, 0.05) is 31.8 Å². The molecule has 0 bridgehead atoms. The van der Waals surface area contributed by atoms with Gasteiger partial charge < -0.3 is 29.0 Å². The van der Waals surface area contributed by atoms with Gasteiger partial charge in [0.05, 0.1) is 27.9 Å². The average Bonchev–Trinajstić information content (AvgIpc) is 2.52. The van der Waals surface area contributed by atoms with Gasteiger partial charge in [-0.2, -0.15) is 0 Å². The molecule has 6 nitrogen and oxygen atoms in total. The molecule has 0 aliphatic rings. The van der Waals surface area contributed by atoms with Crippen molar-refractivity contribution in [2.24, 2.45) is 0 Å². The zero-order chi connectivity index (χ0) is 15.5. The van der Waals surface area contributed by atoms with Gasteiger partial charge in [-0.3, -0.25) is 0 Å². The fraction of sp³-hybridized carbons (Fsp3) is 0.600. The van der Waals surface area contributed by atoms with Crippen LogP contribution < -0.4 is 24.3 Å². The summed E-state index contributed by atoms with van der Waals surface area (Å²) < 4.78 is 26.7. The molecule has 1 rings (SSSR count). The second kappa shape index (κ2) is 10.1. The first kappa shape index (κ1) is 17.4. The van der Waals surface area contributed by atoms with Crippen LogP contribution in [0.4, 0.5) is 0 Å². The van der Waals surface area contributed by atoms with Gasteiger partial charge in [0.15, 0.2) is 11.5 Å². The Hall–Kier alpha value is -1.66. The van der Waals surface area contributed by atoms with E-state index >= 15 is 0 Å². The van der Waals surface area contributed by atoms with E-state index in [1.807, 2.05) is 6.92 Å². The number of methoxy groups -OCH3 is 3. The first-order valence-electron chi connectivity index (χ1n) is 6.98. The predicted molar refractivity (Wildman–Crippen MR) is 81.0 cm³/mol. The maximum atomic E-state index is 5.68. The van der Waals surface area contributed by atoms with Crippen molar-refractivity contribution in [2.75, 3.05) is 54.2 Å². The van der Waals surface area contributed by atoms with Crippen molar-refractivity contribution in [1.82, 2.24) is 5.32 Å². The lowest BCUT2D eigenvalue weighted by atomic mass is 10.2. The molecule has 0 aliphatic carbocycles. The van der Waals surface area contributed by atoms with Crippen LogP contribution in [0.5, 0.6) is 23.0 Å². The summed E-state index contributed by atoms with van der Waals surface area (Å²) in [5.41, 5.74) is 0. The summed E-state index contributed by atoms with van der Waals surface area (Å²) in [5, 5.41) is 3.23. The molecule has 0 aliphatic heterocycles. The van der Waals surface area contributed by atoms with Crippen molar-refractivity contribution in [2.45, 2.75) is 6.92 Å². The highest BCUT2D eigenvalue weighted by Gasteiger charge is 2.13. The van der Waals surface area contributed by atoms with Gasteiger partial charge in [-0.05, 0) is 6.92 Å². The molecule has 1 N–H and O–H groups in total. The third-order valence-corrected chi connectivity index (χ3v) is 2.81. The lowest BCUT2D eigenvalue weighted by molar-refractivity contribution is 0.148. The molecular formula is C15H25NO5. The molecule has 0 radical (unpaired) electrons. The first-order chi connectivity index (χ1) is 10.3. The van der Waals surface area contributed by atoms with Crippen molar-refractivity contribution < 1.29 is 23.7 Å². The Kier molecular flexibility index (Phi) is 8.38. The number of ether oxygens (including phenoxy) is 5. The quantitative estimate of drug-likeness (QED) is 0.628. The molecule has 1 aromatic rings. The zero-order valence-electron chi connectivity index (χ0n) is 13.2. The van der Waals surface area contributed by atoms with Crippen LogP contribution in [0.2, 0.25) is 0 Å². The average molecular weight is 299 g/mol. The Morgan fingerprint density at radius 3 is 2.05 bits per heavy atom. The molecule has 0 atom stereocenters. The third kappa shape index (κ3) is 5.69. The fourth-order valence-corrected chi connectivity index (χ4v) is 1.80. The van der Waals surface area contributed by atoms with E-state index < -0.39 is 0 Å². The second-order valence-corrected chi connectivity index (χ2v) is 4.16. The van der Waals surface area contributed by atoms with Crippen molar-refractivity contribution >= 4 is 0 Å². The molecule has 6 heteroatoms. The second-order valence-electron chi connectivity index (χ2n) is 4.16. The van der Waals surface area contributed by atoms with E-state index in [0.29, 0.717) is 36.2 Å². The van der Waals surface area contributed by atoms with Crippen LogP contribution in [-0.2, 0) is 4.74 Å². The summed E-state index contributed by atoms with van der Waals surface area (Å²) in [6.45, 7) is 5.53. The molecule has 0 heterocycles. The SMILES string of the molecule is CCOCCNCCOc1cc(OC)c(OC)c(OC)c1. The highest BCUT2D eigenvalue weighted by atomic mass is 16.5. The van der Waals surface area contributed by atoms with Crippen LogP contribution in [0.15, 0.2) is 12.1 Å². The normalized spacial score (nSPS) is 10.3. The van der Waals surface area contributed by atoms with Crippen LogP contribution in [0.1, 0.15) is 6.92 Å². The van der Waals surface area contributed by atoms with Crippen LogP contribution >= 0.6 is 0 Å². The smallest absolute Gasteiger partial charge is 0.203 e. The Balaban J connectivity index is 2.48. The van der Waals surface area contributed by atoms with Gasteiger partial charge in [0.2, 0.25) is 5.75 Å². The van der Waals surface area contributed by atoms with Crippen LogP contribution in [0.3, 0.4) is 0 Å². The molecule has 0 unspecified atom stereocenters. The molecule has 0 saturated heterocycles. The summed E-state index contributed by atoms with van der Waals surface area (Å²) >= 11 is 0. The van der Waals surface area contributed by atoms with Crippen molar-refractivity contribution in [3.05, 3.63) is 12.1 Å². The third-order valence-electron chi connectivity index (χ3n) is 2.81. The minimum Gasteiger partial charge on any atom is -0.493 e. The zero-order valence-corrected chi connectivity index (χ0v) is 13.2. The Morgan fingerprint density at radius 2 is 1.52 bits per heavy atom. The molecule has 0 spiro atoms. The van der Waals surface area contributed by atoms with E-state index in [0.717, 1.165) is 19.7 Å². The van der Waals surface area contributed by atoms with Crippen LogP contribution in [0.25, 0.3) is 0 Å². The molecule has 0 saturated carbocycles. The van der Waals surface area contributed by atoms with E-state index in [4.69, 9.17) is 23.7 Å².